The van der Waals surface area contributed by atoms with Gasteiger partial charge in [-0.25, -0.2) is 0 Å². The van der Waals surface area contributed by atoms with Gasteiger partial charge in [0.05, 0.1) is 6.54 Å². The number of carbonyl (C=O) groups is 1. The minimum atomic E-state index is -0.556. The number of nitrogens with one attached hydrogen (secondary N) is 2. The fraction of sp³-hybridized carbons (Fsp3) is 0.647. The highest BCUT2D eigenvalue weighted by Gasteiger charge is 2.37. The number of carbonyl (C=O) groups excluding carboxylic acids is 1. The summed E-state index contributed by atoms with van der Waals surface area (Å²) in [6, 6.07) is 3.33. The van der Waals surface area contributed by atoms with Crippen LogP contribution in [0.4, 0.5) is 0 Å². The molecule has 0 aliphatic heterocycles. The summed E-state index contributed by atoms with van der Waals surface area (Å²) in [5, 5.41) is 6.63. The van der Waals surface area contributed by atoms with E-state index in [0.717, 1.165) is 12.5 Å². The quantitative estimate of drug-likeness (QED) is 0.531. The molecule has 1 aromatic heterocycles. The predicted molar refractivity (Wildman–Crippen MR) is 91.2 cm³/mol. The average molecular weight is 320 g/mol. The Balaban J connectivity index is 1.82. The van der Waals surface area contributed by atoms with Crippen molar-refractivity contribution in [2.24, 2.45) is 22.1 Å². The SMILES string of the molecule is CN=C(NCc1ccc(C(N)=O)o1)NCC1(CC(C)C)CCC1. The van der Waals surface area contributed by atoms with Gasteiger partial charge in [-0.3, -0.25) is 9.79 Å². The summed E-state index contributed by atoms with van der Waals surface area (Å²) in [7, 11) is 1.75. The predicted octanol–water partition coefficient (Wildman–Crippen LogP) is 2.26. The van der Waals surface area contributed by atoms with E-state index in [4.69, 9.17) is 10.2 Å². The highest BCUT2D eigenvalue weighted by Crippen LogP contribution is 2.45. The van der Waals surface area contributed by atoms with Crippen molar-refractivity contribution in [2.75, 3.05) is 13.6 Å². The molecule has 1 aliphatic rings. The van der Waals surface area contributed by atoms with Gasteiger partial charge in [0.25, 0.3) is 5.91 Å². The fourth-order valence-corrected chi connectivity index (χ4v) is 3.26. The van der Waals surface area contributed by atoms with Crippen LogP contribution in [0.15, 0.2) is 21.5 Å². The monoisotopic (exact) mass is 320 g/mol. The molecule has 1 heterocycles. The van der Waals surface area contributed by atoms with E-state index in [1.807, 2.05) is 0 Å². The molecular weight excluding hydrogens is 292 g/mol. The number of furan rings is 1. The van der Waals surface area contributed by atoms with E-state index in [1.54, 1.807) is 19.2 Å². The molecule has 6 nitrogen and oxygen atoms in total. The van der Waals surface area contributed by atoms with E-state index in [9.17, 15) is 4.79 Å². The summed E-state index contributed by atoms with van der Waals surface area (Å²) in [6.07, 6.45) is 5.14. The molecule has 6 heteroatoms. The Bertz CT molecular complexity index is 559. The minimum Gasteiger partial charge on any atom is -0.454 e. The molecule has 0 radical (unpaired) electrons. The Morgan fingerprint density at radius 1 is 1.39 bits per heavy atom. The van der Waals surface area contributed by atoms with E-state index in [2.05, 4.69) is 29.5 Å². The van der Waals surface area contributed by atoms with Gasteiger partial charge in [-0.2, -0.15) is 0 Å². The lowest BCUT2D eigenvalue weighted by Crippen LogP contribution is -2.46. The summed E-state index contributed by atoms with van der Waals surface area (Å²) >= 11 is 0. The highest BCUT2D eigenvalue weighted by atomic mass is 16.3. The zero-order chi connectivity index (χ0) is 16.9. The Morgan fingerprint density at radius 3 is 2.61 bits per heavy atom. The molecule has 0 spiro atoms. The molecule has 128 valence electrons. The number of guanidine groups is 1. The first-order valence-corrected chi connectivity index (χ1v) is 8.27. The summed E-state index contributed by atoms with van der Waals surface area (Å²) < 4.78 is 5.35. The largest absolute Gasteiger partial charge is 0.454 e. The van der Waals surface area contributed by atoms with Crippen molar-refractivity contribution < 1.29 is 9.21 Å². The number of primary amides is 1. The van der Waals surface area contributed by atoms with E-state index < -0.39 is 5.91 Å². The number of aliphatic imine (C=N–C) groups is 1. The van der Waals surface area contributed by atoms with Gasteiger partial charge in [-0.05, 0) is 42.7 Å². The van der Waals surface area contributed by atoms with Crippen LogP contribution >= 0.6 is 0 Å². The van der Waals surface area contributed by atoms with Gasteiger partial charge >= 0.3 is 0 Å². The number of nitrogens with two attached hydrogens (primary N) is 1. The van der Waals surface area contributed by atoms with E-state index in [-0.39, 0.29) is 5.76 Å². The van der Waals surface area contributed by atoms with Crippen LogP contribution in [-0.4, -0.2) is 25.5 Å². The van der Waals surface area contributed by atoms with Crippen molar-refractivity contribution >= 4 is 11.9 Å². The van der Waals surface area contributed by atoms with Crippen LogP contribution in [-0.2, 0) is 6.54 Å². The molecule has 1 aliphatic carbocycles. The Hall–Kier alpha value is -1.98. The van der Waals surface area contributed by atoms with E-state index >= 15 is 0 Å². The number of nitrogens with zero attached hydrogens (tertiary/aromatic N) is 1. The third kappa shape index (κ3) is 4.74. The molecule has 0 bridgehead atoms. The van der Waals surface area contributed by atoms with E-state index in [1.165, 1.54) is 25.7 Å². The standard InChI is InChI=1S/C17H28N4O2/c1-12(2)9-17(7-4-8-17)11-21-16(19-3)20-10-13-5-6-14(23-13)15(18)22/h5-6,12H,4,7-11H2,1-3H3,(H2,18,22)(H2,19,20,21). The molecule has 0 aromatic carbocycles. The van der Waals surface area contributed by atoms with Gasteiger partial charge in [0.2, 0.25) is 0 Å². The molecule has 1 saturated carbocycles. The summed E-state index contributed by atoms with van der Waals surface area (Å²) in [5.74, 6) is 1.73. The zero-order valence-electron chi connectivity index (χ0n) is 14.3. The van der Waals surface area contributed by atoms with Crippen LogP contribution in [0.25, 0.3) is 0 Å². The summed E-state index contributed by atoms with van der Waals surface area (Å²) in [6.45, 7) is 5.96. The molecule has 4 N–H and O–H groups in total. The third-order valence-electron chi connectivity index (χ3n) is 4.44. The van der Waals surface area contributed by atoms with Crippen LogP contribution in [0.2, 0.25) is 0 Å². The van der Waals surface area contributed by atoms with Crippen LogP contribution in [0.5, 0.6) is 0 Å². The van der Waals surface area contributed by atoms with Gasteiger partial charge in [0, 0.05) is 13.6 Å². The van der Waals surface area contributed by atoms with Crippen molar-refractivity contribution in [1.82, 2.24) is 10.6 Å². The Morgan fingerprint density at radius 2 is 2.13 bits per heavy atom. The molecule has 0 atom stereocenters. The number of rotatable bonds is 7. The van der Waals surface area contributed by atoms with Gasteiger partial charge < -0.3 is 20.8 Å². The molecule has 1 fully saturated rings. The third-order valence-corrected chi connectivity index (χ3v) is 4.44. The van der Waals surface area contributed by atoms with Gasteiger partial charge in [0.1, 0.15) is 5.76 Å². The first kappa shape index (κ1) is 17.4. The van der Waals surface area contributed by atoms with Gasteiger partial charge in [-0.15, -0.1) is 0 Å². The average Bonchev–Trinajstić information content (AvgIpc) is 2.93. The maximum Gasteiger partial charge on any atom is 0.284 e. The maximum atomic E-state index is 11.0. The summed E-state index contributed by atoms with van der Waals surface area (Å²) in [5.41, 5.74) is 5.59. The Kier molecular flexibility index (Phi) is 5.69. The second kappa shape index (κ2) is 7.53. The Labute approximate surface area is 137 Å². The molecule has 23 heavy (non-hydrogen) atoms. The maximum absolute atomic E-state index is 11.0. The first-order chi connectivity index (χ1) is 10.9. The molecule has 0 saturated heterocycles. The lowest BCUT2D eigenvalue weighted by atomic mass is 9.64. The fourth-order valence-electron chi connectivity index (χ4n) is 3.26. The van der Waals surface area contributed by atoms with Crippen molar-refractivity contribution in [2.45, 2.75) is 46.1 Å². The summed E-state index contributed by atoms with van der Waals surface area (Å²) in [4.78, 5) is 15.3. The van der Waals surface area contributed by atoms with Crippen molar-refractivity contribution in [1.29, 1.82) is 0 Å². The van der Waals surface area contributed by atoms with Crippen LogP contribution in [0.3, 0.4) is 0 Å². The molecule has 1 amide bonds. The lowest BCUT2D eigenvalue weighted by Gasteiger charge is -2.43. The van der Waals surface area contributed by atoms with Crippen molar-refractivity contribution in [3.63, 3.8) is 0 Å². The van der Waals surface area contributed by atoms with Crippen LogP contribution in [0, 0.1) is 11.3 Å². The first-order valence-electron chi connectivity index (χ1n) is 8.27. The van der Waals surface area contributed by atoms with E-state index in [0.29, 0.717) is 23.6 Å². The second-order valence-electron chi connectivity index (χ2n) is 6.86. The molecule has 0 unspecified atom stereocenters. The number of hydrogen-bond acceptors (Lipinski definition) is 3. The molecule has 1 aromatic rings. The van der Waals surface area contributed by atoms with Crippen molar-refractivity contribution in [3.05, 3.63) is 23.7 Å². The topological polar surface area (TPSA) is 92.6 Å². The van der Waals surface area contributed by atoms with Crippen LogP contribution < -0.4 is 16.4 Å². The minimum absolute atomic E-state index is 0.176. The smallest absolute Gasteiger partial charge is 0.284 e. The second-order valence-corrected chi connectivity index (χ2v) is 6.86. The molecular formula is C17H28N4O2. The molecule has 2 rings (SSSR count). The number of hydrogen-bond donors (Lipinski definition) is 3. The van der Waals surface area contributed by atoms with Crippen molar-refractivity contribution in [3.8, 4) is 0 Å². The highest BCUT2D eigenvalue weighted by molar-refractivity contribution is 5.89. The normalized spacial score (nSPS) is 17.0. The van der Waals surface area contributed by atoms with Gasteiger partial charge in [0.15, 0.2) is 11.7 Å². The van der Waals surface area contributed by atoms with Crippen LogP contribution in [0.1, 0.15) is 55.8 Å². The zero-order valence-corrected chi connectivity index (χ0v) is 14.3. The van der Waals surface area contributed by atoms with Gasteiger partial charge in [-0.1, -0.05) is 20.3 Å². The lowest BCUT2D eigenvalue weighted by molar-refractivity contribution is 0.0972. The number of amides is 1.